The van der Waals surface area contributed by atoms with Crippen LogP contribution >= 0.6 is 0 Å². The Morgan fingerprint density at radius 2 is 1.79 bits per heavy atom. The van der Waals surface area contributed by atoms with Crippen LogP contribution in [0.2, 0.25) is 0 Å². The molecule has 0 aromatic rings. The molecule has 0 amide bonds. The monoisotopic (exact) mass is 203 g/mol. The Labute approximate surface area is 90.6 Å². The highest BCUT2D eigenvalue weighted by Gasteiger charge is 2.19. The Balaban J connectivity index is 0. The highest BCUT2D eigenvalue weighted by atomic mass is 16.5. The number of hydrogen-bond donors (Lipinski definition) is 0. The largest absolute Gasteiger partial charge is 0.385 e. The fourth-order valence-electron chi connectivity index (χ4n) is 1.60. The van der Waals surface area contributed by atoms with Gasteiger partial charge in [0.25, 0.3) is 0 Å². The first-order valence-electron chi connectivity index (χ1n) is 6.04. The van der Waals surface area contributed by atoms with E-state index in [1.54, 1.807) is 7.11 Å². The van der Waals surface area contributed by atoms with Gasteiger partial charge in [-0.2, -0.15) is 0 Å². The third-order valence-electron chi connectivity index (χ3n) is 2.33. The Hall–Kier alpha value is -0.0800. The lowest BCUT2D eigenvalue weighted by atomic mass is 10.2. The molecule has 0 unspecified atom stereocenters. The summed E-state index contributed by atoms with van der Waals surface area (Å²) in [4.78, 5) is 2.43. The predicted octanol–water partition coefficient (Wildman–Crippen LogP) is 3.17. The highest BCUT2D eigenvalue weighted by Crippen LogP contribution is 2.17. The van der Waals surface area contributed by atoms with Crippen LogP contribution in [0.15, 0.2) is 0 Å². The van der Waals surface area contributed by atoms with E-state index >= 15 is 0 Å². The average Bonchev–Trinajstić information content (AvgIpc) is 2.67. The van der Waals surface area contributed by atoms with Crippen molar-refractivity contribution in [1.29, 1.82) is 0 Å². The number of likely N-dealkylation sites (tertiary alicyclic amines) is 1. The fourth-order valence-corrected chi connectivity index (χ4v) is 1.60. The van der Waals surface area contributed by atoms with Gasteiger partial charge in [0.2, 0.25) is 0 Å². The zero-order chi connectivity index (χ0) is 11.4. The molecule has 0 spiro atoms. The van der Waals surface area contributed by atoms with E-state index in [-0.39, 0.29) is 0 Å². The van der Waals surface area contributed by atoms with Crippen molar-refractivity contribution in [2.24, 2.45) is 0 Å². The lowest BCUT2D eigenvalue weighted by molar-refractivity contribution is 0.163. The molecule has 2 nitrogen and oxygen atoms in total. The van der Waals surface area contributed by atoms with Gasteiger partial charge >= 0.3 is 0 Å². The molecule has 88 valence electrons. The van der Waals surface area contributed by atoms with E-state index in [9.17, 15) is 0 Å². The van der Waals surface area contributed by atoms with Crippen molar-refractivity contribution in [2.75, 3.05) is 27.3 Å². The zero-order valence-electron chi connectivity index (χ0n) is 11.0. The summed E-state index contributed by atoms with van der Waals surface area (Å²) in [7, 11) is 3.97. The second-order valence-electron chi connectivity index (χ2n) is 3.06. The summed E-state index contributed by atoms with van der Waals surface area (Å²) in [5, 5.41) is 0. The minimum absolute atomic E-state index is 0.792. The topological polar surface area (TPSA) is 12.5 Å². The van der Waals surface area contributed by atoms with Crippen molar-refractivity contribution in [3.05, 3.63) is 0 Å². The van der Waals surface area contributed by atoms with Gasteiger partial charge < -0.3 is 9.64 Å². The van der Waals surface area contributed by atoms with Crippen LogP contribution in [-0.2, 0) is 4.74 Å². The quantitative estimate of drug-likeness (QED) is 0.698. The standard InChI is InChI=1S/C8H17NO.2C2H6/c1-9-6-3-4-8(9)5-7-10-2;2*1-2/h8H,3-7H2,1-2H3;2*1-2H3/t8-;;/m1../s1. The van der Waals surface area contributed by atoms with E-state index in [0.29, 0.717) is 0 Å². The van der Waals surface area contributed by atoms with Gasteiger partial charge in [-0.15, -0.1) is 0 Å². The Morgan fingerprint density at radius 3 is 2.14 bits per heavy atom. The van der Waals surface area contributed by atoms with Gasteiger partial charge in [-0.05, 0) is 32.9 Å². The van der Waals surface area contributed by atoms with Crippen LogP contribution in [0.25, 0.3) is 0 Å². The maximum absolute atomic E-state index is 5.03. The van der Waals surface area contributed by atoms with E-state index in [1.807, 2.05) is 27.7 Å². The molecule has 0 aromatic carbocycles. The maximum Gasteiger partial charge on any atom is 0.0477 e. The zero-order valence-corrected chi connectivity index (χ0v) is 11.0. The number of hydrogen-bond acceptors (Lipinski definition) is 2. The second-order valence-corrected chi connectivity index (χ2v) is 3.06. The minimum Gasteiger partial charge on any atom is -0.385 e. The predicted molar refractivity (Wildman–Crippen MR) is 64.8 cm³/mol. The van der Waals surface area contributed by atoms with Crippen molar-refractivity contribution in [2.45, 2.75) is 53.0 Å². The Kier molecular flexibility index (Phi) is 15.1. The summed E-state index contributed by atoms with van der Waals surface area (Å²) in [6.45, 7) is 10.2. The van der Waals surface area contributed by atoms with Gasteiger partial charge in [0, 0.05) is 19.8 Å². The molecule has 0 N–H and O–H groups in total. The van der Waals surface area contributed by atoms with Crippen LogP contribution in [0.1, 0.15) is 47.0 Å². The summed E-state index contributed by atoms with van der Waals surface area (Å²) in [6, 6.07) is 0.792. The van der Waals surface area contributed by atoms with Gasteiger partial charge in [-0.1, -0.05) is 27.7 Å². The molecule has 0 aliphatic carbocycles. The molecule has 0 bridgehead atoms. The number of ether oxygens (including phenoxy) is 1. The summed E-state index contributed by atoms with van der Waals surface area (Å²) in [6.07, 6.45) is 3.93. The van der Waals surface area contributed by atoms with Crippen LogP contribution in [0.4, 0.5) is 0 Å². The molecule has 1 atom stereocenters. The summed E-state index contributed by atoms with van der Waals surface area (Å²) >= 11 is 0. The molecule has 0 aromatic heterocycles. The van der Waals surface area contributed by atoms with E-state index in [2.05, 4.69) is 11.9 Å². The van der Waals surface area contributed by atoms with Crippen LogP contribution in [0.3, 0.4) is 0 Å². The smallest absolute Gasteiger partial charge is 0.0477 e. The van der Waals surface area contributed by atoms with Crippen molar-refractivity contribution in [1.82, 2.24) is 4.90 Å². The molecule has 1 fully saturated rings. The van der Waals surface area contributed by atoms with Crippen LogP contribution in [-0.4, -0.2) is 38.3 Å². The lowest BCUT2D eigenvalue weighted by Gasteiger charge is -2.18. The van der Waals surface area contributed by atoms with E-state index in [4.69, 9.17) is 4.74 Å². The second kappa shape index (κ2) is 12.9. The number of methoxy groups -OCH3 is 1. The van der Waals surface area contributed by atoms with E-state index in [0.717, 1.165) is 12.6 Å². The van der Waals surface area contributed by atoms with Crippen LogP contribution in [0, 0.1) is 0 Å². The molecule has 1 rings (SSSR count). The molecular weight excluding hydrogens is 174 g/mol. The summed E-state index contributed by atoms with van der Waals surface area (Å²) < 4.78 is 5.03. The van der Waals surface area contributed by atoms with Crippen LogP contribution in [0.5, 0.6) is 0 Å². The van der Waals surface area contributed by atoms with Gasteiger partial charge in [-0.3, -0.25) is 0 Å². The first kappa shape index (κ1) is 16.4. The van der Waals surface area contributed by atoms with E-state index in [1.165, 1.54) is 25.8 Å². The van der Waals surface area contributed by atoms with E-state index < -0.39 is 0 Å². The van der Waals surface area contributed by atoms with Crippen LogP contribution < -0.4 is 0 Å². The molecular formula is C12H29NO. The van der Waals surface area contributed by atoms with Gasteiger partial charge in [0.15, 0.2) is 0 Å². The molecule has 1 aliphatic heterocycles. The Bertz CT molecular complexity index is 96.3. The molecule has 1 aliphatic rings. The normalized spacial score (nSPS) is 20.6. The third kappa shape index (κ3) is 7.34. The van der Waals surface area contributed by atoms with Crippen molar-refractivity contribution >= 4 is 0 Å². The lowest BCUT2D eigenvalue weighted by Crippen LogP contribution is -2.25. The summed E-state index contributed by atoms with van der Waals surface area (Å²) in [5.41, 5.74) is 0. The molecule has 1 heterocycles. The number of nitrogens with zero attached hydrogens (tertiary/aromatic N) is 1. The van der Waals surface area contributed by atoms with Gasteiger partial charge in [-0.25, -0.2) is 0 Å². The highest BCUT2D eigenvalue weighted by molar-refractivity contribution is 4.75. The Morgan fingerprint density at radius 1 is 1.21 bits per heavy atom. The summed E-state index contributed by atoms with van der Waals surface area (Å²) in [5.74, 6) is 0. The first-order chi connectivity index (χ1) is 6.84. The molecule has 1 saturated heterocycles. The average molecular weight is 203 g/mol. The number of rotatable bonds is 3. The first-order valence-corrected chi connectivity index (χ1v) is 6.04. The van der Waals surface area contributed by atoms with Gasteiger partial charge in [0.05, 0.1) is 0 Å². The minimum atomic E-state index is 0.792. The third-order valence-corrected chi connectivity index (χ3v) is 2.33. The van der Waals surface area contributed by atoms with Gasteiger partial charge in [0.1, 0.15) is 0 Å². The maximum atomic E-state index is 5.03. The molecule has 0 saturated carbocycles. The van der Waals surface area contributed by atoms with Crippen molar-refractivity contribution in [3.8, 4) is 0 Å². The molecule has 14 heavy (non-hydrogen) atoms. The molecule has 2 heteroatoms. The van der Waals surface area contributed by atoms with Crippen molar-refractivity contribution < 1.29 is 4.74 Å². The fraction of sp³-hybridized carbons (Fsp3) is 1.00. The SMILES string of the molecule is CC.CC.COCC[C@H]1CCCN1C. The van der Waals surface area contributed by atoms with Crippen molar-refractivity contribution in [3.63, 3.8) is 0 Å². The molecule has 0 radical (unpaired) electrons.